The van der Waals surface area contributed by atoms with Crippen LogP contribution in [-0.2, 0) is 6.42 Å². The molecule has 0 saturated carbocycles. The summed E-state index contributed by atoms with van der Waals surface area (Å²) < 4.78 is 0.523. The molecule has 0 aromatic heterocycles. The van der Waals surface area contributed by atoms with Gasteiger partial charge in [0, 0.05) is 4.47 Å². The van der Waals surface area contributed by atoms with Crippen molar-refractivity contribution in [1.82, 2.24) is 0 Å². The Morgan fingerprint density at radius 2 is 2.29 bits per heavy atom. The predicted octanol–water partition coefficient (Wildman–Crippen LogP) is 2.58. The normalized spacial score (nSPS) is 9.50. The van der Waals surface area contributed by atoms with Gasteiger partial charge in [-0.1, -0.05) is 6.92 Å². The van der Waals surface area contributed by atoms with Crippen molar-refractivity contribution >= 4 is 21.9 Å². The number of rotatable bonds is 2. The number of carboxylic acids is 1. The number of hydrogen-bond donors (Lipinski definition) is 1. The number of nitriles is 1. The fourth-order valence-electron chi connectivity index (χ4n) is 1.20. The van der Waals surface area contributed by atoms with E-state index in [0.717, 1.165) is 0 Å². The molecular formula is C10H8BrNO2. The Bertz CT molecular complexity index is 421. The predicted molar refractivity (Wildman–Crippen MR) is 55.2 cm³/mol. The highest BCUT2D eigenvalue weighted by Gasteiger charge is 2.12. The molecule has 0 aliphatic heterocycles. The van der Waals surface area contributed by atoms with E-state index in [1.807, 2.05) is 13.0 Å². The summed E-state index contributed by atoms with van der Waals surface area (Å²) in [4.78, 5) is 10.8. The molecule has 1 rings (SSSR count). The summed E-state index contributed by atoms with van der Waals surface area (Å²) in [6, 6.07) is 5.07. The van der Waals surface area contributed by atoms with Crippen molar-refractivity contribution in [2.45, 2.75) is 13.3 Å². The molecule has 1 aromatic carbocycles. The van der Waals surface area contributed by atoms with E-state index in [1.54, 1.807) is 6.07 Å². The summed E-state index contributed by atoms with van der Waals surface area (Å²) >= 11 is 3.15. The van der Waals surface area contributed by atoms with Crippen LogP contribution in [0.3, 0.4) is 0 Å². The van der Waals surface area contributed by atoms with Crippen LogP contribution < -0.4 is 0 Å². The fourth-order valence-corrected chi connectivity index (χ4v) is 1.63. The van der Waals surface area contributed by atoms with Crippen LogP contribution in [0.25, 0.3) is 0 Å². The van der Waals surface area contributed by atoms with Gasteiger partial charge in [0.15, 0.2) is 0 Å². The number of aryl methyl sites for hydroxylation is 1. The molecule has 0 atom stereocenters. The standard InChI is InChI=1S/C10H8BrNO2/c1-2-6-3-7(5-12)9(11)4-8(6)10(13)14/h3-4H,2H2,1H3,(H,13,14). The average molecular weight is 254 g/mol. The van der Waals surface area contributed by atoms with Gasteiger partial charge in [0.2, 0.25) is 0 Å². The molecule has 0 radical (unpaired) electrons. The molecule has 4 heteroatoms. The molecule has 0 aliphatic rings. The number of carbonyl (C=O) groups is 1. The zero-order valence-corrected chi connectivity index (χ0v) is 9.13. The van der Waals surface area contributed by atoms with Crippen molar-refractivity contribution in [3.05, 3.63) is 33.3 Å². The topological polar surface area (TPSA) is 61.1 Å². The summed E-state index contributed by atoms with van der Waals surface area (Å²) in [7, 11) is 0. The maximum atomic E-state index is 10.8. The number of carboxylic acid groups (broad SMARTS) is 1. The van der Waals surface area contributed by atoms with Gasteiger partial charge in [-0.3, -0.25) is 0 Å². The third-order valence-corrected chi connectivity index (χ3v) is 2.58. The number of aromatic carboxylic acids is 1. The minimum absolute atomic E-state index is 0.248. The second-order valence-corrected chi connectivity index (χ2v) is 3.61. The van der Waals surface area contributed by atoms with E-state index in [-0.39, 0.29) is 5.56 Å². The van der Waals surface area contributed by atoms with Crippen LogP contribution in [0.5, 0.6) is 0 Å². The zero-order valence-electron chi connectivity index (χ0n) is 7.54. The smallest absolute Gasteiger partial charge is 0.336 e. The number of nitrogens with zero attached hydrogens (tertiary/aromatic N) is 1. The van der Waals surface area contributed by atoms with Crippen molar-refractivity contribution in [3.8, 4) is 6.07 Å². The van der Waals surface area contributed by atoms with E-state index < -0.39 is 5.97 Å². The molecule has 0 aliphatic carbocycles. The van der Waals surface area contributed by atoms with E-state index in [0.29, 0.717) is 22.0 Å². The van der Waals surface area contributed by atoms with Gasteiger partial charge in [-0.25, -0.2) is 4.79 Å². The van der Waals surface area contributed by atoms with Crippen molar-refractivity contribution in [2.75, 3.05) is 0 Å². The van der Waals surface area contributed by atoms with E-state index in [9.17, 15) is 4.79 Å². The summed E-state index contributed by atoms with van der Waals surface area (Å²) in [5.41, 5.74) is 1.39. The molecule has 1 aromatic rings. The quantitative estimate of drug-likeness (QED) is 0.882. The third kappa shape index (κ3) is 1.94. The van der Waals surface area contributed by atoms with Crippen molar-refractivity contribution in [1.29, 1.82) is 5.26 Å². The summed E-state index contributed by atoms with van der Waals surface area (Å²) in [6.45, 7) is 1.86. The van der Waals surface area contributed by atoms with Crippen LogP contribution in [0.1, 0.15) is 28.4 Å². The van der Waals surface area contributed by atoms with Crippen molar-refractivity contribution in [2.24, 2.45) is 0 Å². The lowest BCUT2D eigenvalue weighted by atomic mass is 10.0. The van der Waals surface area contributed by atoms with Crippen LogP contribution in [0, 0.1) is 11.3 Å². The molecule has 14 heavy (non-hydrogen) atoms. The van der Waals surface area contributed by atoms with Gasteiger partial charge < -0.3 is 5.11 Å². The van der Waals surface area contributed by atoms with Gasteiger partial charge in [-0.05, 0) is 40.0 Å². The molecule has 0 amide bonds. The first-order valence-corrected chi connectivity index (χ1v) is 4.85. The summed E-state index contributed by atoms with van der Waals surface area (Å²) in [5.74, 6) is -0.966. The van der Waals surface area contributed by atoms with Crippen LogP contribution in [0.15, 0.2) is 16.6 Å². The largest absolute Gasteiger partial charge is 0.478 e. The second-order valence-electron chi connectivity index (χ2n) is 2.76. The monoisotopic (exact) mass is 253 g/mol. The van der Waals surface area contributed by atoms with Gasteiger partial charge in [0.05, 0.1) is 11.1 Å². The molecule has 0 fully saturated rings. The van der Waals surface area contributed by atoms with Crippen LogP contribution >= 0.6 is 15.9 Å². The van der Waals surface area contributed by atoms with E-state index in [2.05, 4.69) is 15.9 Å². The number of hydrogen-bond acceptors (Lipinski definition) is 2. The molecule has 0 bridgehead atoms. The van der Waals surface area contributed by atoms with Gasteiger partial charge in [0.25, 0.3) is 0 Å². The van der Waals surface area contributed by atoms with Crippen molar-refractivity contribution < 1.29 is 9.90 Å². The Hall–Kier alpha value is -1.34. The lowest BCUT2D eigenvalue weighted by Gasteiger charge is -2.05. The fraction of sp³-hybridized carbons (Fsp3) is 0.200. The molecule has 0 saturated heterocycles. The Kier molecular flexibility index (Phi) is 3.26. The van der Waals surface area contributed by atoms with Crippen molar-refractivity contribution in [3.63, 3.8) is 0 Å². The maximum absolute atomic E-state index is 10.8. The van der Waals surface area contributed by atoms with Gasteiger partial charge >= 0.3 is 5.97 Å². The molecule has 3 nitrogen and oxygen atoms in total. The molecule has 72 valence electrons. The lowest BCUT2D eigenvalue weighted by Crippen LogP contribution is -2.02. The third-order valence-electron chi connectivity index (χ3n) is 1.92. The lowest BCUT2D eigenvalue weighted by molar-refractivity contribution is 0.0695. The van der Waals surface area contributed by atoms with E-state index in [1.165, 1.54) is 6.07 Å². The Labute approximate surface area is 90.1 Å². The average Bonchev–Trinajstić information content (AvgIpc) is 2.17. The van der Waals surface area contributed by atoms with Crippen LogP contribution in [0.2, 0.25) is 0 Å². The zero-order chi connectivity index (χ0) is 10.7. The Balaban J connectivity index is 3.41. The van der Waals surface area contributed by atoms with Gasteiger partial charge in [-0.15, -0.1) is 0 Å². The van der Waals surface area contributed by atoms with E-state index in [4.69, 9.17) is 10.4 Å². The highest BCUT2D eigenvalue weighted by molar-refractivity contribution is 9.10. The summed E-state index contributed by atoms with van der Waals surface area (Å²) in [5, 5.41) is 17.6. The number of halogens is 1. The molecule has 0 spiro atoms. The minimum atomic E-state index is -0.966. The SMILES string of the molecule is CCc1cc(C#N)c(Br)cc1C(=O)O. The highest BCUT2D eigenvalue weighted by Crippen LogP contribution is 2.22. The van der Waals surface area contributed by atoms with Gasteiger partial charge in [0.1, 0.15) is 6.07 Å². The van der Waals surface area contributed by atoms with Crippen LogP contribution in [0.4, 0.5) is 0 Å². The first kappa shape index (κ1) is 10.7. The van der Waals surface area contributed by atoms with Gasteiger partial charge in [-0.2, -0.15) is 5.26 Å². The van der Waals surface area contributed by atoms with E-state index >= 15 is 0 Å². The molecule has 1 N–H and O–H groups in total. The minimum Gasteiger partial charge on any atom is -0.478 e. The first-order valence-electron chi connectivity index (χ1n) is 4.06. The number of benzene rings is 1. The first-order chi connectivity index (χ1) is 6.60. The Morgan fingerprint density at radius 1 is 1.64 bits per heavy atom. The summed E-state index contributed by atoms with van der Waals surface area (Å²) in [6.07, 6.45) is 0.601. The molecule has 0 unspecified atom stereocenters. The molecule has 0 heterocycles. The van der Waals surface area contributed by atoms with Crippen LogP contribution in [-0.4, -0.2) is 11.1 Å². The highest BCUT2D eigenvalue weighted by atomic mass is 79.9. The molecular weight excluding hydrogens is 246 g/mol. The maximum Gasteiger partial charge on any atom is 0.336 e. The Morgan fingerprint density at radius 3 is 2.71 bits per heavy atom. The second kappa shape index (κ2) is 4.25.